The number of carbonyl (C=O) groups is 1. The number of quaternary nitrogens is 1. The number of rotatable bonds is 5. The Morgan fingerprint density at radius 3 is 2.64 bits per heavy atom. The number of aromatic nitrogens is 1. The van der Waals surface area contributed by atoms with Gasteiger partial charge in [-0.2, -0.15) is 9.92 Å². The van der Waals surface area contributed by atoms with Gasteiger partial charge in [-0.3, -0.25) is 10.1 Å². The summed E-state index contributed by atoms with van der Waals surface area (Å²) in [6, 6.07) is 12.8. The number of benzene rings is 2. The minimum atomic E-state index is -1.05. The second kappa shape index (κ2) is 8.47. The molecule has 8 nitrogen and oxygen atoms in total. The van der Waals surface area contributed by atoms with E-state index in [1.807, 2.05) is 38.1 Å². The number of amidine groups is 1. The van der Waals surface area contributed by atoms with Gasteiger partial charge in [-0.25, -0.2) is 9.37 Å². The summed E-state index contributed by atoms with van der Waals surface area (Å²) in [6.45, 7) is 4.43. The largest absolute Gasteiger partial charge is 0.383 e. The van der Waals surface area contributed by atoms with Crippen molar-refractivity contribution < 1.29 is 18.9 Å². The standard InChI is InChI=1S/C23H21F2N7O/c1-23(2)12-32(22(23)33)15-6-3-5-13(9-15)14-10-16(20(26)28-11-14)21(30-31-27)29-18-8-4-7-17(24)19(18)25/h3-11H,12H2,1-2H3,(H2,26,28)(H2,27,29,30)/p+1. The van der Waals surface area contributed by atoms with Crippen LogP contribution in [0.2, 0.25) is 0 Å². The highest BCUT2D eigenvalue weighted by Crippen LogP contribution is 2.36. The Morgan fingerprint density at radius 2 is 1.94 bits per heavy atom. The van der Waals surface area contributed by atoms with E-state index in [1.165, 1.54) is 17.4 Å². The van der Waals surface area contributed by atoms with Crippen molar-refractivity contribution in [3.63, 3.8) is 0 Å². The highest BCUT2D eigenvalue weighted by molar-refractivity contribution is 6.04. The lowest BCUT2D eigenvalue weighted by Gasteiger charge is -2.44. The van der Waals surface area contributed by atoms with Gasteiger partial charge in [0.05, 0.1) is 5.41 Å². The molecule has 1 aliphatic rings. The van der Waals surface area contributed by atoms with Gasteiger partial charge in [0.15, 0.2) is 11.5 Å². The lowest BCUT2D eigenvalue weighted by Crippen LogP contribution is -2.83. The molecule has 0 radical (unpaired) electrons. The van der Waals surface area contributed by atoms with Crippen molar-refractivity contribution in [3.8, 4) is 11.1 Å². The van der Waals surface area contributed by atoms with E-state index in [2.05, 4.69) is 15.3 Å². The van der Waals surface area contributed by atoms with Gasteiger partial charge in [0.1, 0.15) is 11.4 Å². The smallest absolute Gasteiger partial charge is 0.261 e. The van der Waals surface area contributed by atoms with Crippen LogP contribution < -0.4 is 16.0 Å². The molecule has 3 aromatic rings. The molecule has 4 rings (SSSR count). The molecule has 1 fully saturated rings. The van der Waals surface area contributed by atoms with Gasteiger partial charge < -0.3 is 10.6 Å². The van der Waals surface area contributed by atoms with Gasteiger partial charge in [-0.15, -0.1) is 0 Å². The molecule has 0 aliphatic carbocycles. The quantitative estimate of drug-likeness (QED) is 0.137. The summed E-state index contributed by atoms with van der Waals surface area (Å²) in [5.74, 6) is -1.87. The maximum atomic E-state index is 14.2. The predicted molar refractivity (Wildman–Crippen MR) is 120 cm³/mol. The highest BCUT2D eigenvalue weighted by Gasteiger charge is 2.44. The van der Waals surface area contributed by atoms with E-state index in [4.69, 9.17) is 11.3 Å². The number of pyridine rings is 1. The molecule has 5 N–H and O–H groups in total. The Bertz CT molecular complexity index is 1290. The molecule has 2 aromatic carbocycles. The second-order valence-corrected chi connectivity index (χ2v) is 8.35. The molecule has 0 atom stereocenters. The number of nitrogens with zero attached hydrogens (tertiary/aromatic N) is 4. The fourth-order valence-electron chi connectivity index (χ4n) is 3.70. The molecule has 1 aromatic heterocycles. The maximum Gasteiger partial charge on any atom is 0.261 e. The number of anilines is 2. The zero-order chi connectivity index (χ0) is 23.8. The normalized spacial score (nSPS) is 15.3. The number of nitrogens with two attached hydrogens (primary N) is 2. The number of halogens is 2. The minimum Gasteiger partial charge on any atom is -0.383 e. The predicted octanol–water partition coefficient (Wildman–Crippen LogP) is 3.57. The Kier molecular flexibility index (Phi) is 5.69. The van der Waals surface area contributed by atoms with Gasteiger partial charge >= 0.3 is 0 Å². The molecule has 0 bridgehead atoms. The van der Waals surface area contributed by atoms with E-state index >= 15 is 0 Å². The van der Waals surface area contributed by atoms with E-state index < -0.39 is 11.6 Å². The summed E-state index contributed by atoms with van der Waals surface area (Å²) in [5, 5.41) is 8.04. The summed E-state index contributed by atoms with van der Waals surface area (Å²) < 4.78 is 27.8. The first-order valence-electron chi connectivity index (χ1n) is 10.1. The van der Waals surface area contributed by atoms with Crippen molar-refractivity contribution >= 4 is 28.9 Å². The van der Waals surface area contributed by atoms with E-state index in [-0.39, 0.29) is 28.7 Å². The fourth-order valence-corrected chi connectivity index (χ4v) is 3.70. The topological polar surface area (TPSA) is 124 Å². The third-order valence-electron chi connectivity index (χ3n) is 5.49. The number of amides is 1. The minimum absolute atomic E-state index is 0.0500. The van der Waals surface area contributed by atoms with Crippen LogP contribution in [0.3, 0.4) is 0 Å². The van der Waals surface area contributed by atoms with Gasteiger partial charge in [-0.05, 0) is 48.9 Å². The summed E-state index contributed by atoms with van der Waals surface area (Å²) in [6.07, 6.45) is 1.57. The van der Waals surface area contributed by atoms with Crippen molar-refractivity contribution in [1.82, 2.24) is 4.98 Å². The first-order chi connectivity index (χ1) is 15.7. The third kappa shape index (κ3) is 4.20. The van der Waals surface area contributed by atoms with E-state index in [0.29, 0.717) is 17.7 Å². The third-order valence-corrected chi connectivity index (χ3v) is 5.49. The lowest BCUT2D eigenvalue weighted by atomic mass is 9.82. The fraction of sp³-hybridized carbons (Fsp3) is 0.174. The molecule has 10 heteroatoms. The van der Waals surface area contributed by atoms with Gasteiger partial charge in [0, 0.05) is 30.1 Å². The molecule has 0 spiro atoms. The van der Waals surface area contributed by atoms with Crippen LogP contribution >= 0.6 is 0 Å². The number of hydrogen-bond acceptors (Lipinski definition) is 5. The van der Waals surface area contributed by atoms with Crippen LogP contribution in [0, 0.1) is 22.6 Å². The van der Waals surface area contributed by atoms with Crippen molar-refractivity contribution in [2.24, 2.45) is 15.7 Å². The Hall–Kier alpha value is -4.05. The van der Waals surface area contributed by atoms with Crippen LogP contribution in [0.5, 0.6) is 0 Å². The van der Waals surface area contributed by atoms with Crippen LogP contribution in [0.15, 0.2) is 65.1 Å². The first kappa shape index (κ1) is 22.2. The molecule has 0 unspecified atom stereocenters. The Labute approximate surface area is 188 Å². The molecular weight excluding hydrogens is 428 g/mol. The zero-order valence-corrected chi connectivity index (χ0v) is 18.0. The van der Waals surface area contributed by atoms with E-state index in [0.717, 1.165) is 17.3 Å². The average Bonchev–Trinajstić information content (AvgIpc) is 2.80. The van der Waals surface area contributed by atoms with E-state index in [1.54, 1.807) is 17.2 Å². The molecule has 1 aliphatic heterocycles. The number of carbonyl (C=O) groups excluding carboxylic acids is 1. The molecule has 1 saturated heterocycles. The molecule has 168 valence electrons. The Balaban J connectivity index is 1.70. The zero-order valence-electron chi connectivity index (χ0n) is 18.0. The number of nitrogens with one attached hydrogen (secondary N) is 1. The summed E-state index contributed by atoms with van der Waals surface area (Å²) in [5.41, 5.74) is 15.2. The molecular formula is C23H22F2N7O+. The molecule has 1 amide bonds. The maximum absolute atomic E-state index is 14.2. The van der Waals surface area contributed by atoms with Gasteiger partial charge in [0.2, 0.25) is 11.7 Å². The van der Waals surface area contributed by atoms with Crippen LogP contribution in [-0.2, 0) is 4.79 Å². The van der Waals surface area contributed by atoms with Gasteiger partial charge in [0.25, 0.3) is 5.84 Å². The van der Waals surface area contributed by atoms with Crippen LogP contribution in [0.1, 0.15) is 19.4 Å². The van der Waals surface area contributed by atoms with Crippen molar-refractivity contribution in [2.75, 3.05) is 17.2 Å². The molecule has 2 heterocycles. The molecule has 0 saturated carbocycles. The van der Waals surface area contributed by atoms with Crippen LogP contribution in [-0.4, -0.2) is 23.3 Å². The summed E-state index contributed by atoms with van der Waals surface area (Å²) in [7, 11) is 0. The average molecular weight is 450 g/mol. The lowest BCUT2D eigenvalue weighted by molar-refractivity contribution is -0.445. The number of hydrogen-bond donors (Lipinski definition) is 3. The summed E-state index contributed by atoms with van der Waals surface area (Å²) >= 11 is 0. The van der Waals surface area contributed by atoms with Crippen LogP contribution in [0.4, 0.5) is 26.0 Å². The van der Waals surface area contributed by atoms with Crippen LogP contribution in [0.25, 0.3) is 11.1 Å². The van der Waals surface area contributed by atoms with Gasteiger partial charge in [-0.1, -0.05) is 23.3 Å². The van der Waals surface area contributed by atoms with E-state index in [9.17, 15) is 13.6 Å². The van der Waals surface area contributed by atoms with Crippen molar-refractivity contribution in [2.45, 2.75) is 13.8 Å². The van der Waals surface area contributed by atoms with Crippen molar-refractivity contribution in [1.29, 1.82) is 5.53 Å². The highest BCUT2D eigenvalue weighted by atomic mass is 19.2. The Morgan fingerprint density at radius 1 is 1.18 bits per heavy atom. The summed E-state index contributed by atoms with van der Waals surface area (Å²) in [4.78, 5) is 18.3. The monoisotopic (exact) mass is 450 g/mol. The number of β-lactam (4-membered cyclic amide) rings is 1. The SMILES string of the molecule is CC1(C)CN(c2cccc(-c3cnc(N)c(/C(=N/N=N)[NH2+]c4cccc(F)c4F)c3)c2)C1=O. The van der Waals surface area contributed by atoms with Crippen molar-refractivity contribution in [3.05, 3.63) is 71.9 Å². The number of nitrogen functional groups attached to an aromatic ring is 1. The molecule has 33 heavy (non-hydrogen) atoms. The second-order valence-electron chi connectivity index (χ2n) is 8.35. The first-order valence-corrected chi connectivity index (χ1v) is 10.1.